The number of nitrogens with one attached hydrogen (secondary N) is 3. The number of carbonyl (C=O) groups excluding carboxylic acids is 3. The fourth-order valence-electron chi connectivity index (χ4n) is 9.11. The van der Waals surface area contributed by atoms with E-state index in [1.807, 2.05) is 38.2 Å². The molecule has 0 saturated heterocycles. The van der Waals surface area contributed by atoms with E-state index in [9.17, 15) is 19.5 Å². The molecule has 2 unspecified atom stereocenters. The summed E-state index contributed by atoms with van der Waals surface area (Å²) >= 11 is 13.0. The van der Waals surface area contributed by atoms with Gasteiger partial charge in [0.1, 0.15) is 5.75 Å². The van der Waals surface area contributed by atoms with Crippen LogP contribution in [0.15, 0.2) is 24.5 Å². The minimum Gasteiger partial charge on any atom is -0.506 e. The van der Waals surface area contributed by atoms with Crippen LogP contribution in [0.4, 0.5) is 16.2 Å². The maximum absolute atomic E-state index is 14.5. The van der Waals surface area contributed by atoms with Crippen molar-refractivity contribution in [1.29, 1.82) is 0 Å². The van der Waals surface area contributed by atoms with E-state index >= 15 is 0 Å². The molecule has 3 amide bonds. The van der Waals surface area contributed by atoms with E-state index in [0.717, 1.165) is 33.0 Å². The van der Waals surface area contributed by atoms with Crippen molar-refractivity contribution >= 4 is 74.3 Å². The zero-order chi connectivity index (χ0) is 34.6. The van der Waals surface area contributed by atoms with Crippen molar-refractivity contribution in [2.45, 2.75) is 44.9 Å². The van der Waals surface area contributed by atoms with E-state index in [0.29, 0.717) is 85.4 Å². The zero-order valence-electron chi connectivity index (χ0n) is 28.0. The Morgan fingerprint density at radius 2 is 1.43 bits per heavy atom. The van der Waals surface area contributed by atoms with Crippen molar-refractivity contribution in [2.24, 2.45) is 10.8 Å². The van der Waals surface area contributed by atoms with Crippen LogP contribution in [-0.4, -0.2) is 89.9 Å². The number of alkyl halides is 2. The molecule has 0 spiro atoms. The average molecular weight is 708 g/mol. The van der Waals surface area contributed by atoms with Crippen molar-refractivity contribution in [3.8, 4) is 11.5 Å². The molecule has 13 heteroatoms. The van der Waals surface area contributed by atoms with Crippen LogP contribution < -0.4 is 19.9 Å². The van der Waals surface area contributed by atoms with Gasteiger partial charge in [0, 0.05) is 92.1 Å². The first-order valence-electron chi connectivity index (χ1n) is 16.8. The highest BCUT2D eigenvalue weighted by Gasteiger charge is 2.76. The van der Waals surface area contributed by atoms with Crippen molar-refractivity contribution in [1.82, 2.24) is 20.2 Å². The van der Waals surface area contributed by atoms with Crippen LogP contribution in [0.3, 0.4) is 0 Å². The molecule has 3 fully saturated rings. The largest absolute Gasteiger partial charge is 0.506 e. The number of phenols is 1. The van der Waals surface area contributed by atoms with Gasteiger partial charge in [0.25, 0.3) is 0 Å². The van der Waals surface area contributed by atoms with Crippen LogP contribution in [0.25, 0.3) is 21.8 Å². The number of aromatic amines is 2. The summed E-state index contributed by atoms with van der Waals surface area (Å²) in [6.45, 7) is 5.93. The van der Waals surface area contributed by atoms with Crippen LogP contribution in [-0.2, 0) is 9.59 Å². The molecule has 3 aliphatic carbocycles. The lowest BCUT2D eigenvalue weighted by molar-refractivity contribution is -0.204. The van der Waals surface area contributed by atoms with Gasteiger partial charge in [0.15, 0.2) is 5.75 Å². The lowest BCUT2D eigenvalue weighted by Crippen LogP contribution is -2.73. The number of anilines is 2. The van der Waals surface area contributed by atoms with Gasteiger partial charge in [-0.1, -0.05) is 0 Å². The number of halogens is 2. The van der Waals surface area contributed by atoms with Gasteiger partial charge in [-0.15, -0.1) is 23.2 Å². The molecule has 4 N–H and O–H groups in total. The molecular formula is C36H40Cl2N6O5. The maximum Gasteiger partial charge on any atom is 0.415 e. The number of carbonyl (C=O) groups is 3. The molecule has 3 saturated carbocycles. The minimum atomic E-state index is -0.641. The number of amides is 3. The molecule has 4 aromatic rings. The summed E-state index contributed by atoms with van der Waals surface area (Å²) < 4.78 is 5.92. The molecule has 49 heavy (non-hydrogen) atoms. The first-order chi connectivity index (χ1) is 23.5. The Balaban J connectivity index is 1.07. The van der Waals surface area contributed by atoms with Gasteiger partial charge in [-0.3, -0.25) is 9.59 Å². The number of aromatic hydroxyl groups is 1. The normalized spacial score (nSPS) is 24.9. The summed E-state index contributed by atoms with van der Waals surface area (Å²) in [7, 11) is 3.51. The Labute approximate surface area is 293 Å². The second-order valence-corrected chi connectivity index (χ2v) is 15.2. The molecule has 9 rings (SSSR count). The molecule has 2 aliphatic heterocycles. The van der Waals surface area contributed by atoms with E-state index in [-0.39, 0.29) is 29.4 Å². The molecule has 0 radical (unpaired) electrons. The van der Waals surface area contributed by atoms with Gasteiger partial charge < -0.3 is 39.8 Å². The van der Waals surface area contributed by atoms with Crippen LogP contribution in [0.1, 0.15) is 53.4 Å². The number of benzene rings is 2. The number of aromatic nitrogens is 2. The standard InChI is InChI=1S/C36H40Cl2N6O5/c1-18-11-40-30-24(45)7-22-28(26(18)30)20(9-37)13-43(22)32(46)35-15-36(16-35,17-35)33(47)44-14-21(10-38)29-23(44)8-25(31-27(29)19(2)12-41-31)49-34(48)42(4)6-5-39-3/h7-8,11-12,20-21,39-41,45H,5-6,9-10,13-17H2,1-4H3. The number of rotatable bonds is 8. The second-order valence-electron chi connectivity index (χ2n) is 14.6. The van der Waals surface area contributed by atoms with E-state index in [1.54, 1.807) is 24.1 Å². The zero-order valence-corrected chi connectivity index (χ0v) is 29.5. The quantitative estimate of drug-likeness (QED) is 0.171. The average Bonchev–Trinajstić information content (AvgIpc) is 3.81. The van der Waals surface area contributed by atoms with Gasteiger partial charge >= 0.3 is 6.09 Å². The van der Waals surface area contributed by atoms with E-state index in [4.69, 9.17) is 27.9 Å². The first-order valence-corrected chi connectivity index (χ1v) is 17.9. The van der Waals surface area contributed by atoms with Gasteiger partial charge in [0.2, 0.25) is 11.8 Å². The van der Waals surface area contributed by atoms with Gasteiger partial charge in [-0.05, 0) is 62.4 Å². The van der Waals surface area contributed by atoms with Crippen molar-refractivity contribution in [3.05, 3.63) is 46.8 Å². The minimum absolute atomic E-state index is 0.00955. The van der Waals surface area contributed by atoms with Crippen LogP contribution in [0.2, 0.25) is 0 Å². The van der Waals surface area contributed by atoms with Gasteiger partial charge in [0.05, 0.1) is 33.2 Å². The van der Waals surface area contributed by atoms with Crippen molar-refractivity contribution in [2.75, 3.05) is 61.8 Å². The summed E-state index contributed by atoms with van der Waals surface area (Å²) in [4.78, 5) is 53.3. The number of ether oxygens (including phenoxy) is 1. The second kappa shape index (κ2) is 11.3. The Hall–Kier alpha value is -3.93. The topological polar surface area (TPSA) is 134 Å². The molecule has 258 valence electrons. The molecule has 11 nitrogen and oxygen atoms in total. The Morgan fingerprint density at radius 3 is 1.96 bits per heavy atom. The Morgan fingerprint density at radius 1 is 0.918 bits per heavy atom. The molecule has 5 aliphatic rings. The summed E-state index contributed by atoms with van der Waals surface area (Å²) in [5.74, 6) is 0.950. The third kappa shape index (κ3) is 4.47. The third-order valence-electron chi connectivity index (χ3n) is 11.5. The molecule has 2 bridgehead atoms. The molecule has 2 atom stereocenters. The number of phenolic OH excluding ortho intramolecular Hbond substituents is 1. The van der Waals surface area contributed by atoms with Crippen molar-refractivity contribution < 1.29 is 24.2 Å². The fraction of sp³-hybridized carbons (Fsp3) is 0.472. The fourth-order valence-corrected chi connectivity index (χ4v) is 9.61. The van der Waals surface area contributed by atoms with E-state index in [1.165, 1.54) is 4.90 Å². The summed E-state index contributed by atoms with van der Waals surface area (Å²) in [6.07, 6.45) is 4.65. The van der Waals surface area contributed by atoms with Crippen LogP contribution in [0.5, 0.6) is 11.5 Å². The Kier molecular flexibility index (Phi) is 7.44. The number of nitrogens with zero attached hydrogens (tertiary/aromatic N) is 3. The van der Waals surface area contributed by atoms with Crippen LogP contribution in [0, 0.1) is 24.7 Å². The van der Waals surface area contributed by atoms with E-state index in [2.05, 4.69) is 15.3 Å². The van der Waals surface area contributed by atoms with E-state index < -0.39 is 16.9 Å². The first kappa shape index (κ1) is 32.3. The van der Waals surface area contributed by atoms with Crippen molar-refractivity contribution in [3.63, 3.8) is 0 Å². The molecular weight excluding hydrogens is 667 g/mol. The number of H-pyrrole nitrogens is 2. The molecule has 4 heterocycles. The predicted molar refractivity (Wildman–Crippen MR) is 191 cm³/mol. The monoisotopic (exact) mass is 706 g/mol. The van der Waals surface area contributed by atoms with Gasteiger partial charge in [-0.2, -0.15) is 0 Å². The maximum atomic E-state index is 14.5. The summed E-state index contributed by atoms with van der Waals surface area (Å²) in [5, 5.41) is 15.7. The lowest BCUT2D eigenvalue weighted by atomic mass is 9.34. The number of likely N-dealkylation sites (N-methyl/N-ethyl adjacent to an activating group) is 2. The third-order valence-corrected chi connectivity index (χ3v) is 12.2. The summed E-state index contributed by atoms with van der Waals surface area (Å²) in [6, 6.07) is 3.46. The number of aryl methyl sites for hydroxylation is 2. The lowest BCUT2D eigenvalue weighted by Gasteiger charge is -2.69. The van der Waals surface area contributed by atoms with Crippen LogP contribution >= 0.6 is 23.2 Å². The number of fused-ring (bicyclic) bond motifs is 6. The Bertz CT molecular complexity index is 2050. The molecule has 2 aromatic carbocycles. The number of hydrogen-bond acceptors (Lipinski definition) is 6. The highest BCUT2D eigenvalue weighted by Crippen LogP contribution is 2.75. The predicted octanol–water partition coefficient (Wildman–Crippen LogP) is 5.83. The summed E-state index contributed by atoms with van der Waals surface area (Å²) in [5.41, 5.74) is 5.44. The highest BCUT2D eigenvalue weighted by atomic mass is 35.5. The smallest absolute Gasteiger partial charge is 0.415 e. The SMILES string of the molecule is CNCCN(C)C(=O)Oc1cc2c(c3c(C)c[nH]c13)C(CCl)CN2C(=O)C12CC(C(=O)N3CC(CCl)c4c3cc(O)c3[nH]cc(C)c43)(C1)C2. The van der Waals surface area contributed by atoms with Gasteiger partial charge in [-0.25, -0.2) is 4.79 Å². The molecule has 2 aromatic heterocycles. The number of hydrogen-bond donors (Lipinski definition) is 4. The highest BCUT2D eigenvalue weighted by molar-refractivity contribution is 6.20.